The molecule has 0 aromatic heterocycles. The van der Waals surface area contributed by atoms with Crippen molar-refractivity contribution in [2.45, 2.75) is 39.5 Å². The van der Waals surface area contributed by atoms with Crippen molar-refractivity contribution in [1.29, 1.82) is 0 Å². The van der Waals surface area contributed by atoms with Crippen LogP contribution < -0.4 is 0 Å². The highest BCUT2D eigenvalue weighted by Gasteiger charge is 1.95. The Kier molecular flexibility index (Phi) is 6.32. The van der Waals surface area contributed by atoms with Gasteiger partial charge in [-0.15, -0.1) is 0 Å². The van der Waals surface area contributed by atoms with Gasteiger partial charge in [0, 0.05) is 0 Å². The van der Waals surface area contributed by atoms with E-state index in [0.29, 0.717) is 0 Å². The van der Waals surface area contributed by atoms with Crippen LogP contribution in [0.5, 0.6) is 0 Å². The van der Waals surface area contributed by atoms with Gasteiger partial charge in [-0.2, -0.15) is 0 Å². The Labute approximate surface area is 99.7 Å². The van der Waals surface area contributed by atoms with Gasteiger partial charge in [-0.05, 0) is 30.9 Å². The summed E-state index contributed by atoms with van der Waals surface area (Å²) in [6.07, 6.45) is 11.8. The average Bonchev–Trinajstić information content (AvgIpc) is 2.34. The molecule has 16 heavy (non-hydrogen) atoms. The van der Waals surface area contributed by atoms with Crippen LogP contribution in [0.3, 0.4) is 0 Å². The fraction of sp³-hybridized carbons (Fsp3) is 0.375. The Balaban J connectivity index is 2.68. The monoisotopic (exact) mass is 214 g/mol. The molecule has 0 saturated carbocycles. The smallest absolute Gasteiger partial charge is 0.0187 e. The molecule has 0 unspecified atom stereocenters. The standard InChI is InChI=1S/C16H22/c1-3-5-6-8-12-15(11-4-2)16-13-9-7-10-14-16/h4,7,9-14H,3,5-6,8H2,1-2H3/b11-4+,15-12-. The summed E-state index contributed by atoms with van der Waals surface area (Å²) in [5.41, 5.74) is 2.66. The molecule has 86 valence electrons. The maximum atomic E-state index is 2.35. The lowest BCUT2D eigenvalue weighted by atomic mass is 10.0. The minimum Gasteiger partial charge on any atom is -0.0871 e. The van der Waals surface area contributed by atoms with Crippen molar-refractivity contribution < 1.29 is 0 Å². The highest BCUT2D eigenvalue weighted by Crippen LogP contribution is 2.17. The Morgan fingerprint density at radius 2 is 1.88 bits per heavy atom. The second-order valence-electron chi connectivity index (χ2n) is 4.02. The van der Waals surface area contributed by atoms with Crippen LogP contribution in [0.25, 0.3) is 5.57 Å². The lowest BCUT2D eigenvalue weighted by Gasteiger charge is -2.02. The first-order valence-corrected chi connectivity index (χ1v) is 6.26. The molecule has 0 bridgehead atoms. The van der Waals surface area contributed by atoms with Gasteiger partial charge in [0.05, 0.1) is 0 Å². The maximum Gasteiger partial charge on any atom is -0.0187 e. The van der Waals surface area contributed by atoms with E-state index < -0.39 is 0 Å². The van der Waals surface area contributed by atoms with E-state index in [1.807, 2.05) is 0 Å². The van der Waals surface area contributed by atoms with E-state index in [1.54, 1.807) is 0 Å². The van der Waals surface area contributed by atoms with Crippen LogP contribution in [0, 0.1) is 0 Å². The van der Waals surface area contributed by atoms with Crippen molar-refractivity contribution in [3.05, 3.63) is 54.1 Å². The molecular formula is C16H22. The fourth-order valence-corrected chi connectivity index (χ4v) is 1.74. The molecule has 0 saturated heterocycles. The molecular weight excluding hydrogens is 192 g/mol. The zero-order valence-corrected chi connectivity index (χ0v) is 10.4. The fourth-order valence-electron chi connectivity index (χ4n) is 1.74. The molecule has 1 aromatic rings. The SMILES string of the molecule is C/C=C/C(=C/CCCCC)c1ccccc1. The molecule has 0 amide bonds. The third-order valence-corrected chi connectivity index (χ3v) is 2.63. The minimum atomic E-state index is 1.18. The molecule has 0 aliphatic heterocycles. The lowest BCUT2D eigenvalue weighted by Crippen LogP contribution is -1.81. The molecule has 1 rings (SSSR count). The van der Waals surface area contributed by atoms with Crippen molar-refractivity contribution >= 4 is 5.57 Å². The van der Waals surface area contributed by atoms with E-state index in [-0.39, 0.29) is 0 Å². The first kappa shape index (κ1) is 12.8. The summed E-state index contributed by atoms with van der Waals surface area (Å²) in [4.78, 5) is 0. The van der Waals surface area contributed by atoms with Crippen LogP contribution in [0.2, 0.25) is 0 Å². The number of hydrogen-bond donors (Lipinski definition) is 0. The topological polar surface area (TPSA) is 0 Å². The van der Waals surface area contributed by atoms with Gasteiger partial charge in [0.25, 0.3) is 0 Å². The van der Waals surface area contributed by atoms with Crippen molar-refractivity contribution in [3.8, 4) is 0 Å². The van der Waals surface area contributed by atoms with Gasteiger partial charge in [-0.3, -0.25) is 0 Å². The van der Waals surface area contributed by atoms with Crippen LogP contribution in [-0.2, 0) is 0 Å². The van der Waals surface area contributed by atoms with Crippen molar-refractivity contribution in [2.75, 3.05) is 0 Å². The second kappa shape index (κ2) is 7.92. The molecule has 0 nitrogen and oxygen atoms in total. The third kappa shape index (κ3) is 4.48. The Morgan fingerprint density at radius 3 is 2.50 bits per heavy atom. The van der Waals surface area contributed by atoms with Crippen LogP contribution in [0.1, 0.15) is 45.1 Å². The van der Waals surface area contributed by atoms with Gasteiger partial charge in [0.15, 0.2) is 0 Å². The summed E-state index contributed by atoms with van der Waals surface area (Å²) < 4.78 is 0. The van der Waals surface area contributed by atoms with Crippen LogP contribution in [0.4, 0.5) is 0 Å². The van der Waals surface area contributed by atoms with Crippen LogP contribution in [0.15, 0.2) is 48.6 Å². The summed E-state index contributed by atoms with van der Waals surface area (Å²) in [5.74, 6) is 0. The van der Waals surface area contributed by atoms with Crippen molar-refractivity contribution in [3.63, 3.8) is 0 Å². The molecule has 0 heterocycles. The van der Waals surface area contributed by atoms with E-state index in [0.717, 1.165) is 0 Å². The summed E-state index contributed by atoms with van der Waals surface area (Å²) in [5, 5.41) is 0. The molecule has 0 fully saturated rings. The highest BCUT2D eigenvalue weighted by atomic mass is 14.0. The zero-order valence-electron chi connectivity index (χ0n) is 10.4. The van der Waals surface area contributed by atoms with E-state index in [1.165, 1.54) is 36.8 Å². The molecule has 0 aliphatic carbocycles. The predicted octanol–water partition coefficient (Wildman–Crippen LogP) is 5.23. The zero-order chi connectivity index (χ0) is 11.6. The van der Waals surface area contributed by atoms with Crippen LogP contribution >= 0.6 is 0 Å². The van der Waals surface area contributed by atoms with E-state index in [9.17, 15) is 0 Å². The highest BCUT2D eigenvalue weighted by molar-refractivity contribution is 5.73. The van der Waals surface area contributed by atoms with E-state index >= 15 is 0 Å². The Hall–Kier alpha value is -1.30. The van der Waals surface area contributed by atoms with Gasteiger partial charge < -0.3 is 0 Å². The van der Waals surface area contributed by atoms with Gasteiger partial charge in [-0.1, -0.05) is 68.3 Å². The number of hydrogen-bond acceptors (Lipinski definition) is 0. The summed E-state index contributed by atoms with van der Waals surface area (Å²) in [6, 6.07) is 10.6. The Morgan fingerprint density at radius 1 is 1.12 bits per heavy atom. The first-order valence-electron chi connectivity index (χ1n) is 6.26. The molecule has 0 spiro atoms. The predicted molar refractivity (Wildman–Crippen MR) is 73.4 cm³/mol. The average molecular weight is 214 g/mol. The quantitative estimate of drug-likeness (QED) is 0.449. The summed E-state index contributed by atoms with van der Waals surface area (Å²) >= 11 is 0. The Bertz CT molecular complexity index is 330. The second-order valence-corrected chi connectivity index (χ2v) is 4.02. The number of benzene rings is 1. The van der Waals surface area contributed by atoms with Crippen molar-refractivity contribution in [2.24, 2.45) is 0 Å². The van der Waals surface area contributed by atoms with E-state index in [4.69, 9.17) is 0 Å². The normalized spacial score (nSPS) is 12.2. The lowest BCUT2D eigenvalue weighted by molar-refractivity contribution is 0.730. The molecule has 0 N–H and O–H groups in total. The van der Waals surface area contributed by atoms with Gasteiger partial charge in [0.2, 0.25) is 0 Å². The number of rotatable bonds is 6. The minimum absolute atomic E-state index is 1.18. The van der Waals surface area contributed by atoms with Gasteiger partial charge in [0.1, 0.15) is 0 Å². The molecule has 0 aliphatic rings. The molecule has 1 aromatic carbocycles. The molecule has 0 heteroatoms. The molecule has 0 atom stereocenters. The van der Waals surface area contributed by atoms with Crippen molar-refractivity contribution in [1.82, 2.24) is 0 Å². The largest absolute Gasteiger partial charge is 0.0871 e. The maximum absolute atomic E-state index is 2.35. The number of allylic oxidation sites excluding steroid dienone is 4. The van der Waals surface area contributed by atoms with E-state index in [2.05, 4.69) is 62.4 Å². The number of unbranched alkanes of at least 4 members (excludes halogenated alkanes) is 3. The summed E-state index contributed by atoms with van der Waals surface area (Å²) in [6.45, 7) is 4.32. The van der Waals surface area contributed by atoms with Gasteiger partial charge >= 0.3 is 0 Å². The third-order valence-electron chi connectivity index (χ3n) is 2.63. The molecule has 0 radical (unpaired) electrons. The van der Waals surface area contributed by atoms with Crippen LogP contribution in [-0.4, -0.2) is 0 Å². The van der Waals surface area contributed by atoms with Gasteiger partial charge in [-0.25, -0.2) is 0 Å². The summed E-state index contributed by atoms with van der Waals surface area (Å²) in [7, 11) is 0. The first-order chi connectivity index (χ1) is 7.88.